The highest BCUT2D eigenvalue weighted by molar-refractivity contribution is 5.87. The van der Waals surface area contributed by atoms with Crippen LogP contribution in [0, 0.1) is 5.92 Å². The van der Waals surface area contributed by atoms with Gasteiger partial charge in [-0.25, -0.2) is 0 Å². The molecular formula is C16H24N2O4. The summed E-state index contributed by atoms with van der Waals surface area (Å²) in [5, 5.41) is 5.48. The predicted molar refractivity (Wildman–Crippen MR) is 83.8 cm³/mol. The molecule has 0 heterocycles. The summed E-state index contributed by atoms with van der Waals surface area (Å²) < 4.78 is 10.4. The highest BCUT2D eigenvalue weighted by atomic mass is 16.5. The van der Waals surface area contributed by atoms with Crippen molar-refractivity contribution in [1.29, 1.82) is 0 Å². The summed E-state index contributed by atoms with van der Waals surface area (Å²) in [5.74, 6) is 0.821. The van der Waals surface area contributed by atoms with Gasteiger partial charge >= 0.3 is 0 Å². The largest absolute Gasteiger partial charge is 0.493 e. The topological polar surface area (TPSA) is 76.7 Å². The zero-order valence-corrected chi connectivity index (χ0v) is 13.7. The fourth-order valence-corrected chi connectivity index (χ4v) is 2.04. The second kappa shape index (κ2) is 8.26. The van der Waals surface area contributed by atoms with Crippen LogP contribution in [-0.4, -0.2) is 32.1 Å². The second-order valence-corrected chi connectivity index (χ2v) is 5.33. The first kappa shape index (κ1) is 17.8. The second-order valence-electron chi connectivity index (χ2n) is 5.33. The van der Waals surface area contributed by atoms with Gasteiger partial charge in [0.1, 0.15) is 6.04 Å². The molecule has 0 fully saturated rings. The number of hydrogen-bond donors (Lipinski definition) is 2. The smallest absolute Gasteiger partial charge is 0.243 e. The molecule has 1 aromatic carbocycles. The fraction of sp³-hybridized carbons (Fsp3) is 0.500. The van der Waals surface area contributed by atoms with Crippen LogP contribution in [-0.2, 0) is 16.1 Å². The number of nitrogens with one attached hydrogen (secondary N) is 2. The number of hydrogen-bond acceptors (Lipinski definition) is 4. The molecule has 0 radical (unpaired) electrons. The first-order valence-corrected chi connectivity index (χ1v) is 7.14. The van der Waals surface area contributed by atoms with Crippen molar-refractivity contribution in [2.24, 2.45) is 5.92 Å². The molecule has 0 aliphatic heterocycles. The number of amides is 2. The summed E-state index contributed by atoms with van der Waals surface area (Å²) in [6.07, 6.45) is 0. The lowest BCUT2D eigenvalue weighted by Gasteiger charge is -2.21. The molecule has 1 unspecified atom stereocenters. The molecule has 0 saturated carbocycles. The van der Waals surface area contributed by atoms with Crippen molar-refractivity contribution in [3.05, 3.63) is 23.8 Å². The zero-order valence-electron chi connectivity index (χ0n) is 13.7. The summed E-state index contributed by atoms with van der Waals surface area (Å²) in [6.45, 7) is 5.52. The van der Waals surface area contributed by atoms with Crippen LogP contribution < -0.4 is 20.1 Å². The normalized spacial score (nSPS) is 11.7. The van der Waals surface area contributed by atoms with Crippen LogP contribution in [0.25, 0.3) is 0 Å². The SMILES string of the molecule is COc1ccc(CNC(=O)C(NC(C)=O)C(C)C)cc1OC. The maximum Gasteiger partial charge on any atom is 0.243 e. The Morgan fingerprint density at radius 1 is 1.14 bits per heavy atom. The molecule has 6 heteroatoms. The van der Waals surface area contributed by atoms with E-state index in [2.05, 4.69) is 10.6 Å². The Bertz CT molecular complexity index is 529. The lowest BCUT2D eigenvalue weighted by Crippen LogP contribution is -2.48. The van der Waals surface area contributed by atoms with E-state index in [1.807, 2.05) is 26.0 Å². The average molecular weight is 308 g/mol. The summed E-state index contributed by atoms with van der Waals surface area (Å²) in [7, 11) is 3.13. The molecule has 0 bridgehead atoms. The number of ether oxygens (including phenoxy) is 2. The van der Waals surface area contributed by atoms with Crippen LogP contribution in [0.1, 0.15) is 26.3 Å². The summed E-state index contributed by atoms with van der Waals surface area (Å²) in [5.41, 5.74) is 0.885. The van der Waals surface area contributed by atoms with Gasteiger partial charge in [0.2, 0.25) is 11.8 Å². The molecule has 2 amide bonds. The Balaban J connectivity index is 2.72. The summed E-state index contributed by atoms with van der Waals surface area (Å²) in [6, 6.07) is 4.90. The molecule has 1 aromatic rings. The standard InChI is InChI=1S/C16H24N2O4/c1-10(2)15(18-11(3)19)16(20)17-9-12-6-7-13(21-4)14(8-12)22-5/h6-8,10,15H,9H2,1-5H3,(H,17,20)(H,18,19). The zero-order chi connectivity index (χ0) is 16.7. The molecule has 2 N–H and O–H groups in total. The van der Waals surface area contributed by atoms with Crippen molar-refractivity contribution in [3.8, 4) is 11.5 Å². The van der Waals surface area contributed by atoms with Crippen molar-refractivity contribution >= 4 is 11.8 Å². The molecule has 1 rings (SSSR count). The van der Waals surface area contributed by atoms with Crippen molar-refractivity contribution in [1.82, 2.24) is 10.6 Å². The van der Waals surface area contributed by atoms with Crippen LogP contribution in [0.4, 0.5) is 0 Å². The highest BCUT2D eigenvalue weighted by Crippen LogP contribution is 2.27. The van der Waals surface area contributed by atoms with Gasteiger partial charge in [-0.2, -0.15) is 0 Å². The van der Waals surface area contributed by atoms with Gasteiger partial charge in [0, 0.05) is 13.5 Å². The van der Waals surface area contributed by atoms with Crippen LogP contribution in [0.15, 0.2) is 18.2 Å². The minimum absolute atomic E-state index is 0.00861. The Morgan fingerprint density at radius 3 is 2.27 bits per heavy atom. The molecule has 0 spiro atoms. The van der Waals surface area contributed by atoms with Crippen LogP contribution in [0.2, 0.25) is 0 Å². The summed E-state index contributed by atoms with van der Waals surface area (Å²) in [4.78, 5) is 23.4. The van der Waals surface area contributed by atoms with E-state index in [-0.39, 0.29) is 17.7 Å². The molecule has 6 nitrogen and oxygen atoms in total. The Morgan fingerprint density at radius 2 is 1.77 bits per heavy atom. The molecule has 122 valence electrons. The maximum atomic E-state index is 12.2. The number of benzene rings is 1. The lowest BCUT2D eigenvalue weighted by atomic mass is 10.0. The molecule has 1 atom stereocenters. The minimum atomic E-state index is -0.544. The van der Waals surface area contributed by atoms with Gasteiger partial charge < -0.3 is 20.1 Å². The van der Waals surface area contributed by atoms with Crippen molar-refractivity contribution in [2.75, 3.05) is 14.2 Å². The van der Waals surface area contributed by atoms with Crippen molar-refractivity contribution in [3.63, 3.8) is 0 Å². The third-order valence-electron chi connectivity index (χ3n) is 3.22. The number of carbonyl (C=O) groups is 2. The Kier molecular flexibility index (Phi) is 6.69. The first-order valence-electron chi connectivity index (χ1n) is 7.14. The third kappa shape index (κ3) is 4.95. The van der Waals surface area contributed by atoms with E-state index in [0.29, 0.717) is 18.0 Å². The maximum absolute atomic E-state index is 12.2. The van der Waals surface area contributed by atoms with Gasteiger partial charge in [-0.05, 0) is 23.6 Å². The predicted octanol–water partition coefficient (Wildman–Crippen LogP) is 1.48. The molecule has 0 aliphatic carbocycles. The van der Waals surface area contributed by atoms with Gasteiger partial charge in [0.05, 0.1) is 14.2 Å². The number of carbonyl (C=O) groups excluding carboxylic acids is 2. The number of rotatable bonds is 7. The molecular weight excluding hydrogens is 284 g/mol. The number of methoxy groups -OCH3 is 2. The molecule has 0 aliphatic rings. The van der Waals surface area contributed by atoms with E-state index >= 15 is 0 Å². The van der Waals surface area contributed by atoms with Gasteiger partial charge in [-0.3, -0.25) is 9.59 Å². The monoisotopic (exact) mass is 308 g/mol. The highest BCUT2D eigenvalue weighted by Gasteiger charge is 2.22. The molecule has 22 heavy (non-hydrogen) atoms. The van der Waals surface area contributed by atoms with E-state index in [0.717, 1.165) is 5.56 Å². The lowest BCUT2D eigenvalue weighted by molar-refractivity contribution is -0.129. The average Bonchev–Trinajstić information content (AvgIpc) is 2.49. The van der Waals surface area contributed by atoms with Crippen LogP contribution in [0.3, 0.4) is 0 Å². The van der Waals surface area contributed by atoms with E-state index in [1.54, 1.807) is 20.3 Å². The minimum Gasteiger partial charge on any atom is -0.493 e. The van der Waals surface area contributed by atoms with Crippen LogP contribution >= 0.6 is 0 Å². The van der Waals surface area contributed by atoms with Gasteiger partial charge in [0.25, 0.3) is 0 Å². The van der Waals surface area contributed by atoms with Crippen molar-refractivity contribution in [2.45, 2.75) is 33.4 Å². The van der Waals surface area contributed by atoms with E-state index in [4.69, 9.17) is 9.47 Å². The quantitative estimate of drug-likeness (QED) is 0.800. The fourth-order valence-electron chi connectivity index (χ4n) is 2.04. The Labute approximate surface area is 131 Å². The summed E-state index contributed by atoms with van der Waals surface area (Å²) >= 11 is 0. The van der Waals surface area contributed by atoms with E-state index < -0.39 is 6.04 Å². The van der Waals surface area contributed by atoms with Crippen molar-refractivity contribution < 1.29 is 19.1 Å². The first-order chi connectivity index (χ1) is 10.4. The van der Waals surface area contributed by atoms with Crippen LogP contribution in [0.5, 0.6) is 11.5 Å². The van der Waals surface area contributed by atoms with Gasteiger partial charge in [0.15, 0.2) is 11.5 Å². The van der Waals surface area contributed by atoms with Gasteiger partial charge in [-0.15, -0.1) is 0 Å². The Hall–Kier alpha value is -2.24. The van der Waals surface area contributed by atoms with Gasteiger partial charge in [-0.1, -0.05) is 19.9 Å². The van der Waals surface area contributed by atoms with E-state index in [1.165, 1.54) is 6.92 Å². The molecule has 0 saturated heterocycles. The molecule has 0 aromatic heterocycles. The van der Waals surface area contributed by atoms with E-state index in [9.17, 15) is 9.59 Å². The third-order valence-corrected chi connectivity index (χ3v) is 3.22.